The molecular formula is C18H28N2O4S. The molecular weight excluding hydrogens is 340 g/mol. The highest BCUT2D eigenvalue weighted by molar-refractivity contribution is 7.90. The van der Waals surface area contributed by atoms with Crippen LogP contribution < -0.4 is 15.4 Å². The Morgan fingerprint density at radius 2 is 2.04 bits per heavy atom. The maximum Gasteiger partial charge on any atom is 0.219 e. The number of amides is 1. The molecule has 1 saturated heterocycles. The maximum absolute atomic E-state index is 11.8. The molecule has 0 aromatic heterocycles. The van der Waals surface area contributed by atoms with Crippen LogP contribution in [-0.2, 0) is 14.6 Å². The fraction of sp³-hybridized carbons (Fsp3) is 0.611. The van der Waals surface area contributed by atoms with Gasteiger partial charge in [-0.15, -0.1) is 0 Å². The average Bonchev–Trinajstić information content (AvgIpc) is 3.07. The van der Waals surface area contributed by atoms with Gasteiger partial charge in [-0.05, 0) is 69.0 Å². The van der Waals surface area contributed by atoms with Crippen molar-refractivity contribution in [1.29, 1.82) is 0 Å². The lowest BCUT2D eigenvalue weighted by molar-refractivity contribution is -0.121. The van der Waals surface area contributed by atoms with Crippen LogP contribution >= 0.6 is 0 Å². The molecule has 1 aliphatic rings. The van der Waals surface area contributed by atoms with Crippen molar-refractivity contribution in [3.05, 3.63) is 24.3 Å². The molecule has 6 nitrogen and oxygen atoms in total. The zero-order chi connectivity index (χ0) is 18.1. The highest BCUT2D eigenvalue weighted by Gasteiger charge is 2.14. The Morgan fingerprint density at radius 1 is 1.28 bits per heavy atom. The number of carbonyl (C=O) groups is 1. The van der Waals surface area contributed by atoms with Crippen molar-refractivity contribution in [2.75, 3.05) is 32.5 Å². The van der Waals surface area contributed by atoms with E-state index >= 15 is 0 Å². The lowest BCUT2D eigenvalue weighted by atomic mass is 10.1. The largest absolute Gasteiger partial charge is 0.494 e. The number of nitrogens with one attached hydrogen (secondary N) is 2. The van der Waals surface area contributed by atoms with Crippen LogP contribution in [-0.4, -0.2) is 46.8 Å². The minimum Gasteiger partial charge on any atom is -0.494 e. The molecule has 0 spiro atoms. The summed E-state index contributed by atoms with van der Waals surface area (Å²) < 4.78 is 28.3. The normalized spacial score (nSPS) is 17.4. The van der Waals surface area contributed by atoms with E-state index in [1.165, 1.54) is 24.8 Å². The molecule has 1 unspecified atom stereocenters. The van der Waals surface area contributed by atoms with Gasteiger partial charge in [0.05, 0.1) is 11.5 Å². The summed E-state index contributed by atoms with van der Waals surface area (Å²) in [6, 6.07) is 6.39. The zero-order valence-electron chi connectivity index (χ0n) is 14.8. The molecule has 1 fully saturated rings. The molecule has 1 atom stereocenters. The Balaban J connectivity index is 1.53. The molecule has 2 N–H and O–H groups in total. The second-order valence-corrected chi connectivity index (χ2v) is 8.56. The van der Waals surface area contributed by atoms with E-state index in [0.717, 1.165) is 38.9 Å². The minimum atomic E-state index is -3.18. The van der Waals surface area contributed by atoms with Crippen LogP contribution in [0.3, 0.4) is 0 Å². The summed E-state index contributed by atoms with van der Waals surface area (Å²) in [5, 5.41) is 6.30. The van der Waals surface area contributed by atoms with Crippen LogP contribution in [0.1, 0.15) is 32.1 Å². The van der Waals surface area contributed by atoms with Gasteiger partial charge in [-0.25, -0.2) is 8.42 Å². The summed E-state index contributed by atoms with van der Waals surface area (Å²) in [5.41, 5.74) is 0. The van der Waals surface area contributed by atoms with Crippen molar-refractivity contribution in [1.82, 2.24) is 10.6 Å². The molecule has 0 aliphatic carbocycles. The highest BCUT2D eigenvalue weighted by Crippen LogP contribution is 2.16. The van der Waals surface area contributed by atoms with Gasteiger partial charge in [0.15, 0.2) is 9.84 Å². The maximum atomic E-state index is 11.8. The van der Waals surface area contributed by atoms with Crippen molar-refractivity contribution in [2.24, 2.45) is 5.92 Å². The molecule has 140 valence electrons. The first kappa shape index (κ1) is 19.7. The standard InChI is InChI=1S/C18H28N2O4S/c1-25(22,23)17-7-5-16(6-8-17)24-13-3-2-4-18(21)20-12-10-15-9-11-19-14-15/h5-8,15,19H,2-4,9-14H2,1H3,(H,20,21). The molecule has 2 rings (SSSR count). The number of ether oxygens (including phenoxy) is 1. The predicted octanol–water partition coefficient (Wildman–Crippen LogP) is 1.75. The van der Waals surface area contributed by atoms with Crippen LogP contribution in [0.4, 0.5) is 0 Å². The van der Waals surface area contributed by atoms with Crippen molar-refractivity contribution < 1.29 is 17.9 Å². The van der Waals surface area contributed by atoms with Gasteiger partial charge in [-0.3, -0.25) is 4.79 Å². The first-order valence-electron chi connectivity index (χ1n) is 8.85. The monoisotopic (exact) mass is 368 g/mol. The molecule has 25 heavy (non-hydrogen) atoms. The number of hydrogen-bond donors (Lipinski definition) is 2. The van der Waals surface area contributed by atoms with Crippen molar-refractivity contribution in [3.8, 4) is 5.75 Å². The van der Waals surface area contributed by atoms with Crippen molar-refractivity contribution in [3.63, 3.8) is 0 Å². The minimum absolute atomic E-state index is 0.100. The number of sulfone groups is 1. The van der Waals surface area contributed by atoms with Crippen molar-refractivity contribution >= 4 is 15.7 Å². The second kappa shape index (κ2) is 9.77. The Morgan fingerprint density at radius 3 is 2.68 bits per heavy atom. The third-order valence-electron chi connectivity index (χ3n) is 4.36. The third-order valence-corrected chi connectivity index (χ3v) is 5.48. The quantitative estimate of drug-likeness (QED) is 0.615. The van der Waals surface area contributed by atoms with Gasteiger partial charge >= 0.3 is 0 Å². The summed E-state index contributed by atoms with van der Waals surface area (Å²) >= 11 is 0. The van der Waals surface area contributed by atoms with E-state index in [9.17, 15) is 13.2 Å². The van der Waals surface area contributed by atoms with Gasteiger partial charge in [0.2, 0.25) is 5.91 Å². The van der Waals surface area contributed by atoms with Crippen LogP contribution in [0, 0.1) is 5.92 Å². The van der Waals surface area contributed by atoms with E-state index in [0.29, 0.717) is 24.7 Å². The van der Waals surface area contributed by atoms with Gasteiger partial charge in [0.25, 0.3) is 0 Å². The number of carbonyl (C=O) groups excluding carboxylic acids is 1. The highest BCUT2D eigenvalue weighted by atomic mass is 32.2. The molecule has 7 heteroatoms. The lowest BCUT2D eigenvalue weighted by Gasteiger charge is -2.09. The first-order chi connectivity index (χ1) is 11.9. The summed E-state index contributed by atoms with van der Waals surface area (Å²) in [7, 11) is -3.18. The second-order valence-electron chi connectivity index (χ2n) is 6.55. The van der Waals surface area contributed by atoms with Gasteiger partial charge in [-0.2, -0.15) is 0 Å². The number of unbranched alkanes of at least 4 members (excludes halogenated alkanes) is 1. The smallest absolute Gasteiger partial charge is 0.219 e. The Labute approximate surface area is 150 Å². The molecule has 1 aromatic rings. The summed E-state index contributed by atoms with van der Waals surface area (Å²) in [4.78, 5) is 12.0. The number of rotatable bonds is 10. The van der Waals surface area contributed by atoms with E-state index in [2.05, 4.69) is 10.6 Å². The Hall–Kier alpha value is -1.60. The summed E-state index contributed by atoms with van der Waals surface area (Å²) in [6.07, 6.45) is 5.51. The third kappa shape index (κ3) is 7.44. The van der Waals surface area contributed by atoms with Crippen LogP contribution in [0.25, 0.3) is 0 Å². The average molecular weight is 368 g/mol. The zero-order valence-corrected chi connectivity index (χ0v) is 15.6. The summed E-state index contributed by atoms with van der Waals surface area (Å²) in [5.74, 6) is 1.44. The SMILES string of the molecule is CS(=O)(=O)c1ccc(OCCCCC(=O)NCCC2CCNC2)cc1. The molecule has 0 bridgehead atoms. The molecule has 1 aromatic carbocycles. The predicted molar refractivity (Wildman–Crippen MR) is 97.5 cm³/mol. The van der Waals surface area contributed by atoms with E-state index in [-0.39, 0.29) is 10.8 Å². The van der Waals surface area contributed by atoms with E-state index in [1.54, 1.807) is 12.1 Å². The van der Waals surface area contributed by atoms with Crippen LogP contribution in [0.5, 0.6) is 5.75 Å². The fourth-order valence-corrected chi connectivity index (χ4v) is 3.46. The molecule has 1 heterocycles. The van der Waals surface area contributed by atoms with E-state index in [4.69, 9.17) is 4.74 Å². The van der Waals surface area contributed by atoms with Gasteiger partial charge in [0.1, 0.15) is 5.75 Å². The first-order valence-corrected chi connectivity index (χ1v) is 10.7. The van der Waals surface area contributed by atoms with Crippen LogP contribution in [0.15, 0.2) is 29.2 Å². The molecule has 1 aliphatic heterocycles. The van der Waals surface area contributed by atoms with Gasteiger partial charge < -0.3 is 15.4 Å². The summed E-state index contributed by atoms with van der Waals surface area (Å²) in [6.45, 7) is 3.43. The fourth-order valence-electron chi connectivity index (χ4n) is 2.83. The Bertz CT molecular complexity index is 638. The van der Waals surface area contributed by atoms with E-state index < -0.39 is 9.84 Å². The van der Waals surface area contributed by atoms with E-state index in [1.807, 2.05) is 0 Å². The molecule has 0 saturated carbocycles. The van der Waals surface area contributed by atoms with Gasteiger partial charge in [-0.1, -0.05) is 0 Å². The van der Waals surface area contributed by atoms with Crippen LogP contribution in [0.2, 0.25) is 0 Å². The van der Waals surface area contributed by atoms with Crippen molar-refractivity contribution in [2.45, 2.75) is 37.0 Å². The number of hydrogen-bond acceptors (Lipinski definition) is 5. The number of benzene rings is 1. The Kier molecular flexibility index (Phi) is 7.71. The topological polar surface area (TPSA) is 84.5 Å². The lowest BCUT2D eigenvalue weighted by Crippen LogP contribution is -2.26. The molecule has 1 amide bonds. The molecule has 0 radical (unpaired) electrons. The van der Waals surface area contributed by atoms with Gasteiger partial charge in [0, 0.05) is 19.2 Å².